The van der Waals surface area contributed by atoms with E-state index in [4.69, 9.17) is 11.5 Å². The summed E-state index contributed by atoms with van der Waals surface area (Å²) in [5.74, 6) is 0. The maximum Gasteiger partial charge on any atom is 0.0211 e. The minimum atomic E-state index is -0.0453. The summed E-state index contributed by atoms with van der Waals surface area (Å²) in [6.07, 6.45) is 12.1. The normalized spacial score (nSPS) is 13.0. The molecule has 0 rings (SSSR count). The topological polar surface area (TPSA) is 52.0 Å². The van der Waals surface area contributed by atoms with Gasteiger partial charge in [0.2, 0.25) is 0 Å². The Morgan fingerprint density at radius 3 is 1.43 bits per heavy atom. The molecule has 0 spiro atoms. The van der Waals surface area contributed by atoms with Crippen LogP contribution in [0.1, 0.15) is 106 Å². The quantitative estimate of drug-likeness (QED) is 0.365. The Morgan fingerprint density at radius 2 is 1.13 bits per heavy atom. The Morgan fingerprint density at radius 1 is 0.652 bits per heavy atom. The summed E-state index contributed by atoms with van der Waals surface area (Å²) in [6, 6.07) is 0. The van der Waals surface area contributed by atoms with E-state index < -0.39 is 0 Å². The smallest absolute Gasteiger partial charge is 0.0211 e. The van der Waals surface area contributed by atoms with Crippen molar-refractivity contribution in [2.75, 3.05) is 6.54 Å². The fourth-order valence-corrected chi connectivity index (χ4v) is 5.46. The van der Waals surface area contributed by atoms with Gasteiger partial charge < -0.3 is 11.5 Å². The van der Waals surface area contributed by atoms with Gasteiger partial charge in [0.05, 0.1) is 0 Å². The van der Waals surface area contributed by atoms with Crippen molar-refractivity contribution in [2.45, 2.75) is 111 Å². The molecule has 0 saturated carbocycles. The summed E-state index contributed by atoms with van der Waals surface area (Å²) in [4.78, 5) is 0. The van der Waals surface area contributed by atoms with Crippen LogP contribution in [0.3, 0.4) is 0 Å². The number of halogens is 1. The molecule has 3 heteroatoms. The molecule has 0 aromatic carbocycles. The predicted molar refractivity (Wildman–Crippen MR) is 111 cm³/mol. The third-order valence-electron chi connectivity index (χ3n) is 7.15. The number of unbranched alkanes of at least 4 members (excludes halogenated alkanes) is 2. The van der Waals surface area contributed by atoms with Gasteiger partial charge in [-0.3, -0.25) is 0 Å². The Kier molecular flexibility index (Phi) is 13.2. The van der Waals surface area contributed by atoms with Gasteiger partial charge in [-0.1, -0.05) is 54.4 Å². The molecular formula is C20H45BrN2. The lowest BCUT2D eigenvalue weighted by molar-refractivity contribution is -0.0683. The van der Waals surface area contributed by atoms with Crippen molar-refractivity contribution >= 4 is 17.0 Å². The zero-order chi connectivity index (χ0) is 17.3. The highest BCUT2D eigenvalue weighted by Gasteiger charge is 2.55. The molecule has 0 heterocycles. The van der Waals surface area contributed by atoms with Crippen molar-refractivity contribution in [3.05, 3.63) is 0 Å². The van der Waals surface area contributed by atoms with Crippen LogP contribution < -0.4 is 11.5 Å². The van der Waals surface area contributed by atoms with Crippen LogP contribution in [-0.4, -0.2) is 12.1 Å². The Bertz CT molecular complexity index is 279. The molecule has 0 bridgehead atoms. The molecule has 4 N–H and O–H groups in total. The van der Waals surface area contributed by atoms with Gasteiger partial charge in [-0.05, 0) is 68.7 Å². The average molecular weight is 393 g/mol. The lowest BCUT2D eigenvalue weighted by atomic mass is 9.47. The monoisotopic (exact) mass is 392 g/mol. The molecule has 0 unspecified atom stereocenters. The highest BCUT2D eigenvalue weighted by atomic mass is 79.9. The molecule has 0 saturated heterocycles. The van der Waals surface area contributed by atoms with Crippen LogP contribution in [0.4, 0.5) is 0 Å². The average Bonchev–Trinajstić information content (AvgIpc) is 2.57. The molecule has 0 amide bonds. The van der Waals surface area contributed by atoms with E-state index >= 15 is 0 Å². The van der Waals surface area contributed by atoms with Crippen LogP contribution in [0.2, 0.25) is 0 Å². The summed E-state index contributed by atoms with van der Waals surface area (Å²) in [5, 5.41) is 0. The maximum absolute atomic E-state index is 7.04. The molecule has 0 aliphatic carbocycles. The Balaban J connectivity index is 0. The molecule has 23 heavy (non-hydrogen) atoms. The SMILES string of the molecule is Br.CCC(N)(CC)C(CC)(CC)C(CC)(CC)CCCCCN. The lowest BCUT2D eigenvalue weighted by Gasteiger charge is -2.59. The lowest BCUT2D eigenvalue weighted by Crippen LogP contribution is -2.62. The first-order chi connectivity index (χ1) is 10.4. The summed E-state index contributed by atoms with van der Waals surface area (Å²) in [6.45, 7) is 14.9. The molecule has 0 aliphatic rings. The van der Waals surface area contributed by atoms with Gasteiger partial charge in [-0.2, -0.15) is 0 Å². The summed E-state index contributed by atoms with van der Waals surface area (Å²) >= 11 is 0. The van der Waals surface area contributed by atoms with Crippen molar-refractivity contribution in [3.63, 3.8) is 0 Å². The van der Waals surface area contributed by atoms with E-state index in [9.17, 15) is 0 Å². The standard InChI is InChI=1S/C20H44N2.BrH/c1-7-18(8-2,16-14-13-15-17-21)19(9-3,10-4)20(22,11-5)12-6;/h7-17,21-22H2,1-6H3;1H. The molecule has 0 aromatic rings. The number of hydrogen-bond acceptors (Lipinski definition) is 2. The first-order valence-electron chi connectivity index (χ1n) is 9.91. The van der Waals surface area contributed by atoms with E-state index in [1.54, 1.807) is 0 Å². The second-order valence-electron chi connectivity index (χ2n) is 7.24. The molecule has 142 valence electrons. The van der Waals surface area contributed by atoms with Crippen LogP contribution in [0.5, 0.6) is 0 Å². The van der Waals surface area contributed by atoms with Crippen molar-refractivity contribution < 1.29 is 0 Å². The van der Waals surface area contributed by atoms with Crippen molar-refractivity contribution in [1.29, 1.82) is 0 Å². The van der Waals surface area contributed by atoms with Gasteiger partial charge in [-0.15, -0.1) is 17.0 Å². The fraction of sp³-hybridized carbons (Fsp3) is 1.00. The molecule has 0 fully saturated rings. The van der Waals surface area contributed by atoms with E-state index in [0.717, 1.165) is 25.8 Å². The van der Waals surface area contributed by atoms with E-state index in [1.165, 1.54) is 44.9 Å². The zero-order valence-electron chi connectivity index (χ0n) is 16.8. The number of hydrogen-bond donors (Lipinski definition) is 2. The van der Waals surface area contributed by atoms with Gasteiger partial charge in [0, 0.05) is 5.54 Å². The molecule has 0 aliphatic heterocycles. The van der Waals surface area contributed by atoms with Crippen molar-refractivity contribution in [2.24, 2.45) is 22.3 Å². The van der Waals surface area contributed by atoms with Gasteiger partial charge in [0.15, 0.2) is 0 Å². The zero-order valence-corrected chi connectivity index (χ0v) is 18.6. The largest absolute Gasteiger partial charge is 0.330 e. The summed E-state index contributed by atoms with van der Waals surface area (Å²) in [5.41, 5.74) is 13.3. The first kappa shape index (κ1) is 25.6. The van der Waals surface area contributed by atoms with Gasteiger partial charge in [0.25, 0.3) is 0 Å². The van der Waals surface area contributed by atoms with E-state index in [0.29, 0.717) is 5.41 Å². The second-order valence-corrected chi connectivity index (χ2v) is 7.24. The summed E-state index contributed by atoms with van der Waals surface area (Å²) in [7, 11) is 0. The van der Waals surface area contributed by atoms with Gasteiger partial charge in [0.1, 0.15) is 0 Å². The van der Waals surface area contributed by atoms with Crippen LogP contribution in [-0.2, 0) is 0 Å². The van der Waals surface area contributed by atoms with Crippen LogP contribution in [0.25, 0.3) is 0 Å². The highest BCUT2D eigenvalue weighted by Crippen LogP contribution is 2.59. The van der Waals surface area contributed by atoms with Gasteiger partial charge in [-0.25, -0.2) is 0 Å². The number of nitrogens with two attached hydrogens (primary N) is 2. The third kappa shape index (κ3) is 4.95. The second kappa shape index (κ2) is 11.9. The number of rotatable bonds is 13. The van der Waals surface area contributed by atoms with Crippen LogP contribution in [0, 0.1) is 10.8 Å². The molecule has 0 aromatic heterocycles. The molecule has 2 nitrogen and oxygen atoms in total. The van der Waals surface area contributed by atoms with E-state index in [1.807, 2.05) is 0 Å². The highest BCUT2D eigenvalue weighted by molar-refractivity contribution is 8.93. The van der Waals surface area contributed by atoms with Crippen LogP contribution in [0.15, 0.2) is 0 Å². The fourth-order valence-electron chi connectivity index (χ4n) is 5.46. The Labute approximate surface area is 157 Å². The van der Waals surface area contributed by atoms with Crippen molar-refractivity contribution in [1.82, 2.24) is 0 Å². The predicted octanol–water partition coefficient (Wildman–Crippen LogP) is 6.21. The van der Waals surface area contributed by atoms with E-state index in [2.05, 4.69) is 41.5 Å². The third-order valence-corrected chi connectivity index (χ3v) is 7.15. The maximum atomic E-state index is 7.04. The minimum Gasteiger partial charge on any atom is -0.330 e. The molecular weight excluding hydrogens is 348 g/mol. The van der Waals surface area contributed by atoms with Gasteiger partial charge >= 0.3 is 0 Å². The summed E-state index contributed by atoms with van der Waals surface area (Å²) < 4.78 is 0. The van der Waals surface area contributed by atoms with Crippen LogP contribution >= 0.6 is 17.0 Å². The van der Waals surface area contributed by atoms with Crippen molar-refractivity contribution in [3.8, 4) is 0 Å². The first-order valence-corrected chi connectivity index (χ1v) is 9.91. The van der Waals surface area contributed by atoms with E-state index in [-0.39, 0.29) is 27.9 Å². The Hall–Kier alpha value is 0.400. The molecule has 0 atom stereocenters. The minimum absolute atomic E-state index is 0. The molecule has 0 radical (unpaired) electrons.